The number of rotatable bonds is 6. The smallest absolute Gasteiger partial charge is 0.254 e. The topological polar surface area (TPSA) is 158 Å². The molecule has 0 unspecified atom stereocenters. The first-order valence-corrected chi connectivity index (χ1v) is 10.9. The van der Waals surface area contributed by atoms with Crippen LogP contribution in [0.25, 0.3) is 0 Å². The van der Waals surface area contributed by atoms with E-state index in [-0.39, 0.29) is 17.4 Å². The number of primary amides is 1. The minimum absolute atomic E-state index is 0.0373. The lowest BCUT2D eigenvalue weighted by molar-refractivity contribution is 0.100. The Bertz CT molecular complexity index is 1100. The summed E-state index contributed by atoms with van der Waals surface area (Å²) in [7, 11) is 0. The van der Waals surface area contributed by atoms with Crippen LogP contribution in [0.4, 0.5) is 17.5 Å². The number of hydrogen-bond acceptors (Lipinski definition) is 8. The van der Waals surface area contributed by atoms with Crippen molar-refractivity contribution in [2.45, 2.75) is 57.4 Å². The summed E-state index contributed by atoms with van der Waals surface area (Å²) in [5.74, 6) is 0.0634. The highest BCUT2D eigenvalue weighted by molar-refractivity contribution is 5.98. The fourth-order valence-electron chi connectivity index (χ4n) is 3.68. The molecule has 33 heavy (non-hydrogen) atoms. The summed E-state index contributed by atoms with van der Waals surface area (Å²) in [6, 6.07) is 10.2. The van der Waals surface area contributed by atoms with Crippen LogP contribution in [0.3, 0.4) is 0 Å². The van der Waals surface area contributed by atoms with Gasteiger partial charge in [-0.15, -0.1) is 0 Å². The highest BCUT2D eigenvalue weighted by Gasteiger charge is 2.27. The molecule has 5 N–H and O–H groups in total. The van der Waals surface area contributed by atoms with Gasteiger partial charge in [-0.05, 0) is 63.8 Å². The van der Waals surface area contributed by atoms with Gasteiger partial charge in [0.15, 0.2) is 0 Å². The van der Waals surface area contributed by atoms with Crippen LogP contribution in [-0.2, 0) is 10.8 Å². The van der Waals surface area contributed by atoms with Gasteiger partial charge in [0.05, 0.1) is 23.0 Å². The van der Waals surface area contributed by atoms with Crippen LogP contribution >= 0.6 is 0 Å². The molecule has 0 radical (unpaired) electrons. The zero-order valence-electron chi connectivity index (χ0n) is 19.5. The maximum absolute atomic E-state index is 12.1. The highest BCUT2D eigenvalue weighted by Crippen LogP contribution is 2.33. The van der Waals surface area contributed by atoms with Crippen molar-refractivity contribution in [3.63, 3.8) is 0 Å². The lowest BCUT2D eigenvalue weighted by atomic mass is 9.80. The molecule has 0 spiro atoms. The van der Waals surface area contributed by atoms with Crippen molar-refractivity contribution >= 4 is 23.4 Å². The van der Waals surface area contributed by atoms with E-state index in [4.69, 9.17) is 11.5 Å². The van der Waals surface area contributed by atoms with Crippen molar-refractivity contribution in [3.8, 4) is 12.1 Å². The molecule has 1 aromatic heterocycles. The molecular weight excluding hydrogens is 416 g/mol. The summed E-state index contributed by atoms with van der Waals surface area (Å²) < 4.78 is 0. The first kappa shape index (κ1) is 24.0. The number of nitrogens with one attached hydrogen (secondary N) is 1. The van der Waals surface area contributed by atoms with E-state index in [9.17, 15) is 15.3 Å². The van der Waals surface area contributed by atoms with Crippen LogP contribution in [0.2, 0.25) is 0 Å². The molecule has 0 bridgehead atoms. The zero-order chi connectivity index (χ0) is 24.4. The van der Waals surface area contributed by atoms with Gasteiger partial charge in [-0.2, -0.15) is 15.5 Å². The van der Waals surface area contributed by atoms with Gasteiger partial charge >= 0.3 is 0 Å². The number of nitrogens with zero attached hydrogens (tertiary/aromatic N) is 5. The number of carbonyl (C=O) groups is 1. The third-order valence-corrected chi connectivity index (χ3v) is 5.98. The van der Waals surface area contributed by atoms with Gasteiger partial charge < -0.3 is 21.7 Å². The van der Waals surface area contributed by atoms with E-state index in [0.29, 0.717) is 18.2 Å². The van der Waals surface area contributed by atoms with E-state index in [0.717, 1.165) is 30.5 Å². The van der Waals surface area contributed by atoms with Gasteiger partial charge in [-0.25, -0.2) is 4.98 Å². The maximum atomic E-state index is 12.1. The third kappa shape index (κ3) is 5.21. The van der Waals surface area contributed by atoms with Crippen LogP contribution in [0.15, 0.2) is 24.4 Å². The molecule has 2 aromatic rings. The van der Waals surface area contributed by atoms with Crippen molar-refractivity contribution in [1.82, 2.24) is 9.97 Å². The van der Waals surface area contributed by atoms with Crippen LogP contribution in [0.5, 0.6) is 0 Å². The van der Waals surface area contributed by atoms with E-state index in [1.165, 1.54) is 6.20 Å². The molecule has 1 aliphatic rings. The Morgan fingerprint density at radius 2 is 1.76 bits per heavy atom. The lowest BCUT2D eigenvalue weighted by Gasteiger charge is -2.31. The van der Waals surface area contributed by atoms with Crippen molar-refractivity contribution in [3.05, 3.63) is 41.1 Å². The Hall–Kier alpha value is -3.69. The molecule has 1 atom stereocenters. The average molecular weight is 447 g/mol. The molecule has 3 rings (SSSR count). The second kappa shape index (κ2) is 9.05. The minimum Gasteiger partial charge on any atom is -0.365 e. The molecular formula is C24H30N8O. The number of nitrogens with two attached hydrogens (primary N) is 2. The summed E-state index contributed by atoms with van der Waals surface area (Å²) in [6.07, 6.45) is 3.29. The maximum Gasteiger partial charge on any atom is 0.254 e. The Kier molecular flexibility index (Phi) is 6.57. The number of anilines is 3. The average Bonchev–Trinajstić information content (AvgIpc) is 2.78. The lowest BCUT2D eigenvalue weighted by Crippen LogP contribution is -2.43. The second-order valence-electron chi connectivity index (χ2n) is 9.54. The molecule has 1 aliphatic heterocycles. The minimum atomic E-state index is -0.786. The second-order valence-corrected chi connectivity index (χ2v) is 9.54. The highest BCUT2D eigenvalue weighted by atomic mass is 16.1. The first-order valence-electron chi connectivity index (χ1n) is 10.9. The van der Waals surface area contributed by atoms with Crippen LogP contribution < -0.4 is 21.7 Å². The first-order chi connectivity index (χ1) is 15.5. The van der Waals surface area contributed by atoms with Gasteiger partial charge in [-0.1, -0.05) is 6.07 Å². The Labute approximate surface area is 194 Å². The Balaban J connectivity index is 2.09. The van der Waals surface area contributed by atoms with Gasteiger partial charge in [0.1, 0.15) is 11.4 Å². The number of carbonyl (C=O) groups excluding carboxylic acids is 1. The molecule has 9 heteroatoms. The molecule has 0 saturated carbocycles. The molecule has 1 saturated heterocycles. The number of benzene rings is 1. The Morgan fingerprint density at radius 3 is 2.27 bits per heavy atom. The van der Waals surface area contributed by atoms with Gasteiger partial charge in [-0.3, -0.25) is 4.79 Å². The third-order valence-electron chi connectivity index (χ3n) is 5.98. The zero-order valence-corrected chi connectivity index (χ0v) is 19.5. The quantitative estimate of drug-likeness (QED) is 0.611. The summed E-state index contributed by atoms with van der Waals surface area (Å²) in [6.45, 7) is 8.65. The number of aromatic nitrogens is 2. The van der Waals surface area contributed by atoms with E-state index < -0.39 is 16.7 Å². The number of amides is 1. The van der Waals surface area contributed by atoms with Crippen LogP contribution in [-0.4, -0.2) is 35.0 Å². The van der Waals surface area contributed by atoms with E-state index in [2.05, 4.69) is 27.4 Å². The molecule has 9 nitrogen and oxygen atoms in total. The van der Waals surface area contributed by atoms with Crippen LogP contribution in [0, 0.1) is 22.7 Å². The van der Waals surface area contributed by atoms with E-state index in [1.807, 2.05) is 50.8 Å². The predicted molar refractivity (Wildman–Crippen MR) is 127 cm³/mol. The number of hydrogen-bond donors (Lipinski definition) is 3. The molecule has 172 valence electrons. The van der Waals surface area contributed by atoms with Gasteiger partial charge in [0.25, 0.3) is 5.91 Å². The fraction of sp³-hybridized carbons (Fsp3) is 0.458. The largest absolute Gasteiger partial charge is 0.365 e. The number of piperidine rings is 1. The van der Waals surface area contributed by atoms with Crippen molar-refractivity contribution in [1.29, 1.82) is 10.5 Å². The Morgan fingerprint density at radius 1 is 1.15 bits per heavy atom. The fourth-order valence-corrected chi connectivity index (χ4v) is 3.68. The van der Waals surface area contributed by atoms with Gasteiger partial charge in [0.2, 0.25) is 5.95 Å². The standard InChI is InChI=1S/C24H30N8O/c1-23(2,13-25)15-8-16(24(3,4)14-26)10-18(9-15)30-21-19(20(28)33)11-29-22(31-21)32-7-5-6-17(27)12-32/h8-11,17H,5-7,12,27H2,1-4H3,(H2,28,33)(H,29,30,31)/t17-/m0/s1. The predicted octanol–water partition coefficient (Wildman–Crippen LogP) is 2.85. The molecule has 2 heterocycles. The summed E-state index contributed by atoms with van der Waals surface area (Å²) >= 11 is 0. The number of nitriles is 2. The van der Waals surface area contributed by atoms with E-state index >= 15 is 0 Å². The van der Waals surface area contributed by atoms with Crippen molar-refractivity contribution < 1.29 is 4.79 Å². The summed E-state index contributed by atoms with van der Waals surface area (Å²) in [5, 5.41) is 22.5. The van der Waals surface area contributed by atoms with Crippen molar-refractivity contribution in [2.24, 2.45) is 11.5 Å². The van der Waals surface area contributed by atoms with Gasteiger partial charge in [0, 0.05) is 31.0 Å². The SMILES string of the molecule is CC(C)(C#N)c1cc(Nc2nc(N3CCC[C@H](N)C3)ncc2C(N)=O)cc(C(C)(C)C#N)c1. The summed E-state index contributed by atoms with van der Waals surface area (Å²) in [4.78, 5) is 23.0. The normalized spacial score (nSPS) is 16.6. The van der Waals surface area contributed by atoms with Crippen LogP contribution in [0.1, 0.15) is 62.0 Å². The van der Waals surface area contributed by atoms with Crippen molar-refractivity contribution in [2.75, 3.05) is 23.3 Å². The molecule has 1 aromatic carbocycles. The molecule has 1 fully saturated rings. The monoisotopic (exact) mass is 446 g/mol. The summed E-state index contributed by atoms with van der Waals surface area (Å²) in [5.41, 5.74) is 12.3. The van der Waals surface area contributed by atoms with E-state index in [1.54, 1.807) is 0 Å². The molecule has 1 amide bonds. The molecule has 0 aliphatic carbocycles.